The SMILES string of the molecule is NC(=O)C(=O)C1(CCCCN2CCN(C(=O)Cc3ccccc3)CC2)c2ccccc2-c2ccccc21. The van der Waals surface area contributed by atoms with Crippen molar-refractivity contribution in [2.24, 2.45) is 5.73 Å². The quantitative estimate of drug-likeness (QED) is 0.363. The van der Waals surface area contributed by atoms with Crippen molar-refractivity contribution in [1.82, 2.24) is 9.80 Å². The highest BCUT2D eigenvalue weighted by Gasteiger charge is 2.50. The molecule has 6 heteroatoms. The number of primary amides is 1. The Hall–Kier alpha value is -3.77. The fourth-order valence-corrected chi connectivity index (χ4v) is 5.99. The molecule has 2 aliphatic rings. The number of carbonyl (C=O) groups excluding carboxylic acids is 3. The fraction of sp³-hybridized carbons (Fsp3) is 0.323. The minimum Gasteiger partial charge on any atom is -0.363 e. The first-order chi connectivity index (χ1) is 18.0. The lowest BCUT2D eigenvalue weighted by Gasteiger charge is -2.35. The molecular weight excluding hydrogens is 462 g/mol. The second-order valence-electron chi connectivity index (χ2n) is 10.0. The minimum atomic E-state index is -1.03. The Morgan fingerprint density at radius 2 is 1.30 bits per heavy atom. The van der Waals surface area contributed by atoms with Gasteiger partial charge < -0.3 is 10.6 Å². The Labute approximate surface area is 218 Å². The third kappa shape index (κ3) is 4.81. The van der Waals surface area contributed by atoms with Crippen LogP contribution in [0.15, 0.2) is 78.9 Å². The molecule has 5 rings (SSSR count). The molecule has 2 N–H and O–H groups in total. The van der Waals surface area contributed by atoms with Crippen LogP contribution in [0.4, 0.5) is 0 Å². The molecule has 0 atom stereocenters. The van der Waals surface area contributed by atoms with Gasteiger partial charge in [0.05, 0.1) is 11.8 Å². The molecule has 1 aliphatic carbocycles. The predicted molar refractivity (Wildman–Crippen MR) is 144 cm³/mol. The third-order valence-corrected chi connectivity index (χ3v) is 7.87. The Morgan fingerprint density at radius 1 is 0.730 bits per heavy atom. The molecular formula is C31H33N3O3. The molecule has 37 heavy (non-hydrogen) atoms. The largest absolute Gasteiger partial charge is 0.363 e. The topological polar surface area (TPSA) is 83.7 Å². The van der Waals surface area contributed by atoms with Crippen LogP contribution in [-0.4, -0.2) is 60.1 Å². The van der Waals surface area contributed by atoms with E-state index in [-0.39, 0.29) is 5.91 Å². The lowest BCUT2D eigenvalue weighted by Crippen LogP contribution is -2.49. The highest BCUT2D eigenvalue weighted by molar-refractivity contribution is 6.40. The zero-order valence-corrected chi connectivity index (χ0v) is 21.1. The minimum absolute atomic E-state index is 0.177. The predicted octanol–water partition coefficient (Wildman–Crippen LogP) is 3.56. The van der Waals surface area contributed by atoms with Gasteiger partial charge in [-0.1, -0.05) is 85.3 Å². The summed E-state index contributed by atoms with van der Waals surface area (Å²) < 4.78 is 0. The maximum absolute atomic E-state index is 13.4. The zero-order valence-electron chi connectivity index (χ0n) is 21.1. The summed E-state index contributed by atoms with van der Waals surface area (Å²) in [6.07, 6.45) is 2.67. The summed E-state index contributed by atoms with van der Waals surface area (Å²) in [7, 11) is 0. The number of fused-ring (bicyclic) bond motifs is 3. The van der Waals surface area contributed by atoms with Gasteiger partial charge in [0.2, 0.25) is 11.7 Å². The molecule has 0 radical (unpaired) electrons. The first kappa shape index (κ1) is 24.9. The van der Waals surface area contributed by atoms with Gasteiger partial charge in [0, 0.05) is 26.2 Å². The lowest BCUT2D eigenvalue weighted by atomic mass is 9.70. The monoisotopic (exact) mass is 495 g/mol. The summed E-state index contributed by atoms with van der Waals surface area (Å²) in [5.41, 5.74) is 9.38. The smallest absolute Gasteiger partial charge is 0.286 e. The lowest BCUT2D eigenvalue weighted by molar-refractivity contribution is -0.138. The molecule has 0 spiro atoms. The molecule has 0 saturated carbocycles. The van der Waals surface area contributed by atoms with Crippen molar-refractivity contribution in [1.29, 1.82) is 0 Å². The molecule has 3 aromatic rings. The summed E-state index contributed by atoms with van der Waals surface area (Å²) >= 11 is 0. The summed E-state index contributed by atoms with van der Waals surface area (Å²) in [4.78, 5) is 42.6. The van der Waals surface area contributed by atoms with Crippen LogP contribution in [0, 0.1) is 0 Å². The van der Waals surface area contributed by atoms with Crippen LogP contribution in [0.1, 0.15) is 36.0 Å². The number of piperazine rings is 1. The normalized spacial score (nSPS) is 16.2. The summed E-state index contributed by atoms with van der Waals surface area (Å²) in [6.45, 7) is 4.05. The van der Waals surface area contributed by atoms with E-state index in [1.165, 1.54) is 0 Å². The Balaban J connectivity index is 1.20. The van der Waals surface area contributed by atoms with Crippen LogP contribution in [-0.2, 0) is 26.2 Å². The third-order valence-electron chi connectivity index (χ3n) is 7.87. The van der Waals surface area contributed by atoms with Crippen molar-refractivity contribution in [2.75, 3.05) is 32.7 Å². The number of ketones is 1. The first-order valence-corrected chi connectivity index (χ1v) is 13.1. The van der Waals surface area contributed by atoms with Crippen molar-refractivity contribution in [2.45, 2.75) is 31.1 Å². The van der Waals surface area contributed by atoms with Crippen LogP contribution in [0.2, 0.25) is 0 Å². The number of amides is 2. The number of Topliss-reactive ketones (excluding diaryl/α,β-unsaturated/α-hetero) is 1. The van der Waals surface area contributed by atoms with Crippen LogP contribution in [0.3, 0.4) is 0 Å². The average molecular weight is 496 g/mol. The van der Waals surface area contributed by atoms with Crippen molar-refractivity contribution in [3.05, 3.63) is 95.6 Å². The van der Waals surface area contributed by atoms with E-state index >= 15 is 0 Å². The maximum atomic E-state index is 13.4. The van der Waals surface area contributed by atoms with E-state index in [0.717, 1.165) is 73.4 Å². The molecule has 190 valence electrons. The van der Waals surface area contributed by atoms with Crippen molar-refractivity contribution >= 4 is 17.6 Å². The number of nitrogens with zero attached hydrogens (tertiary/aromatic N) is 2. The van der Waals surface area contributed by atoms with Crippen LogP contribution in [0.25, 0.3) is 11.1 Å². The second-order valence-corrected chi connectivity index (χ2v) is 10.0. The van der Waals surface area contributed by atoms with E-state index in [9.17, 15) is 14.4 Å². The number of rotatable bonds is 9. The highest BCUT2D eigenvalue weighted by atomic mass is 16.2. The van der Waals surface area contributed by atoms with E-state index in [0.29, 0.717) is 12.8 Å². The van der Waals surface area contributed by atoms with Gasteiger partial charge in [-0.15, -0.1) is 0 Å². The van der Waals surface area contributed by atoms with Crippen LogP contribution >= 0.6 is 0 Å². The molecule has 3 aromatic carbocycles. The van der Waals surface area contributed by atoms with E-state index in [2.05, 4.69) is 4.90 Å². The molecule has 1 saturated heterocycles. The first-order valence-electron chi connectivity index (χ1n) is 13.1. The number of carbonyl (C=O) groups is 3. The number of nitrogens with two attached hydrogens (primary N) is 1. The summed E-state index contributed by atoms with van der Waals surface area (Å²) in [5, 5.41) is 0. The van der Waals surface area contributed by atoms with Gasteiger partial charge in [-0.25, -0.2) is 0 Å². The molecule has 2 amide bonds. The standard InChI is InChI=1S/C31H33N3O3/c32-30(37)29(36)31(26-14-6-4-12-24(26)25-13-5-7-15-27(25)31)16-8-9-17-33-18-20-34(21-19-33)28(35)22-23-10-2-1-3-11-23/h1-7,10-15H,8-9,16-22H2,(H2,32,37). The summed E-state index contributed by atoms with van der Waals surface area (Å²) in [6, 6.07) is 25.6. The van der Waals surface area contributed by atoms with Gasteiger partial charge in [0.1, 0.15) is 0 Å². The second kappa shape index (κ2) is 10.7. The zero-order chi connectivity index (χ0) is 25.8. The number of hydrogen-bond acceptors (Lipinski definition) is 4. The molecule has 1 heterocycles. The van der Waals surface area contributed by atoms with Crippen molar-refractivity contribution in [3.63, 3.8) is 0 Å². The molecule has 0 bridgehead atoms. The van der Waals surface area contributed by atoms with Gasteiger partial charge in [0.15, 0.2) is 0 Å². The van der Waals surface area contributed by atoms with Crippen LogP contribution < -0.4 is 5.73 Å². The van der Waals surface area contributed by atoms with Gasteiger partial charge in [0.25, 0.3) is 5.91 Å². The molecule has 1 aliphatic heterocycles. The maximum Gasteiger partial charge on any atom is 0.286 e. The van der Waals surface area contributed by atoms with Gasteiger partial charge >= 0.3 is 0 Å². The number of benzene rings is 3. The fourth-order valence-electron chi connectivity index (χ4n) is 5.99. The van der Waals surface area contributed by atoms with Gasteiger partial charge in [-0.3, -0.25) is 19.3 Å². The van der Waals surface area contributed by atoms with E-state index in [1.54, 1.807) is 0 Å². The van der Waals surface area contributed by atoms with Crippen molar-refractivity contribution < 1.29 is 14.4 Å². The Bertz CT molecular complexity index is 1250. The van der Waals surface area contributed by atoms with Crippen LogP contribution in [0.5, 0.6) is 0 Å². The summed E-state index contributed by atoms with van der Waals surface area (Å²) in [5.74, 6) is -1.24. The van der Waals surface area contributed by atoms with E-state index in [1.807, 2.05) is 83.8 Å². The van der Waals surface area contributed by atoms with Gasteiger partial charge in [-0.2, -0.15) is 0 Å². The van der Waals surface area contributed by atoms with E-state index < -0.39 is 17.1 Å². The number of hydrogen-bond donors (Lipinski definition) is 1. The molecule has 6 nitrogen and oxygen atoms in total. The number of unbranched alkanes of at least 4 members (excludes halogenated alkanes) is 1. The van der Waals surface area contributed by atoms with Crippen molar-refractivity contribution in [3.8, 4) is 11.1 Å². The highest BCUT2D eigenvalue weighted by Crippen LogP contribution is 2.51. The molecule has 1 fully saturated rings. The Kier molecular flexibility index (Phi) is 7.19. The van der Waals surface area contributed by atoms with Gasteiger partial charge in [-0.05, 0) is 47.2 Å². The Morgan fingerprint density at radius 3 is 1.89 bits per heavy atom. The average Bonchev–Trinajstić information content (AvgIpc) is 3.22. The van der Waals surface area contributed by atoms with E-state index in [4.69, 9.17) is 5.73 Å². The molecule has 0 unspecified atom stereocenters. The molecule has 0 aromatic heterocycles.